The highest BCUT2D eigenvalue weighted by molar-refractivity contribution is 6.55. The van der Waals surface area contributed by atoms with E-state index in [9.17, 15) is 14.7 Å². The Morgan fingerprint density at radius 3 is 2.60 bits per heavy atom. The molecule has 2 atom stereocenters. The van der Waals surface area contributed by atoms with Gasteiger partial charge >= 0.3 is 5.97 Å². The normalized spacial score (nSPS) is 20.4. The van der Waals surface area contributed by atoms with Gasteiger partial charge in [-0.3, -0.25) is 14.9 Å². The molecule has 2 aliphatic rings. The van der Waals surface area contributed by atoms with Gasteiger partial charge in [-0.15, -0.1) is 0 Å². The van der Waals surface area contributed by atoms with Gasteiger partial charge in [-0.1, -0.05) is 71.8 Å². The zero-order valence-corrected chi connectivity index (χ0v) is 27.8. The van der Waals surface area contributed by atoms with Crippen molar-refractivity contribution in [2.45, 2.75) is 61.2 Å². The molecule has 1 saturated heterocycles. The molecule has 1 fully saturated rings. The molecular formula is C34H37Cl2FN6O4. The molecule has 1 aromatic carbocycles. The summed E-state index contributed by atoms with van der Waals surface area (Å²) in [6.45, 7) is 3.91. The molecule has 47 heavy (non-hydrogen) atoms. The van der Waals surface area contributed by atoms with Crippen LogP contribution < -0.4 is 26.0 Å². The van der Waals surface area contributed by atoms with Crippen LogP contribution in [0.5, 0.6) is 5.88 Å². The van der Waals surface area contributed by atoms with Crippen LogP contribution in [0.3, 0.4) is 0 Å². The number of nitrogens with zero attached hydrogens (tertiary/aromatic N) is 2. The first kappa shape index (κ1) is 34.3. The summed E-state index contributed by atoms with van der Waals surface area (Å²) in [6.07, 6.45) is 7.99. The number of methoxy groups -OCH3 is 1. The SMILES string of the molecule is COc1nc([C@@]2(Nc3nccc(CNC(C)(C)C(=O)O)c3F)C=CC=C(c3ccccc3)C2(Cl)Cl)ccc1CNCC1CCC(=O)N1. The Bertz CT molecular complexity index is 1700. The maximum Gasteiger partial charge on any atom is 0.323 e. The molecule has 0 radical (unpaired) electrons. The number of amides is 1. The van der Waals surface area contributed by atoms with Crippen molar-refractivity contribution in [3.8, 4) is 5.88 Å². The zero-order valence-electron chi connectivity index (χ0n) is 26.2. The number of carbonyl (C=O) groups excluding carboxylic acids is 1. The van der Waals surface area contributed by atoms with Crippen LogP contribution in [0.25, 0.3) is 5.57 Å². The Labute approximate surface area is 282 Å². The number of anilines is 1. The maximum absolute atomic E-state index is 16.1. The van der Waals surface area contributed by atoms with Crippen LogP contribution in [0, 0.1) is 5.82 Å². The van der Waals surface area contributed by atoms with Gasteiger partial charge in [0.15, 0.2) is 16.0 Å². The molecule has 0 bridgehead atoms. The molecule has 248 valence electrons. The molecule has 3 aromatic rings. The molecule has 2 aromatic heterocycles. The number of ether oxygens (including phenoxy) is 1. The van der Waals surface area contributed by atoms with E-state index in [1.54, 1.807) is 24.3 Å². The number of benzene rings is 1. The number of alkyl halides is 2. The smallest absolute Gasteiger partial charge is 0.323 e. The average molecular weight is 684 g/mol. The van der Waals surface area contributed by atoms with Crippen molar-refractivity contribution in [2.75, 3.05) is 19.0 Å². The zero-order chi connectivity index (χ0) is 33.8. The second-order valence-corrected chi connectivity index (χ2v) is 13.4. The summed E-state index contributed by atoms with van der Waals surface area (Å²) in [4.78, 5) is 32.3. The van der Waals surface area contributed by atoms with Crippen molar-refractivity contribution in [3.63, 3.8) is 0 Å². The van der Waals surface area contributed by atoms with Gasteiger partial charge in [0.05, 0.1) is 12.8 Å². The number of carboxylic acid groups (broad SMARTS) is 1. The van der Waals surface area contributed by atoms with Gasteiger partial charge in [-0.25, -0.2) is 14.4 Å². The van der Waals surface area contributed by atoms with Crippen LogP contribution in [0.15, 0.2) is 73.0 Å². The second-order valence-electron chi connectivity index (χ2n) is 12.0. The predicted molar refractivity (Wildman–Crippen MR) is 180 cm³/mol. The van der Waals surface area contributed by atoms with E-state index in [1.165, 1.54) is 33.2 Å². The lowest BCUT2D eigenvalue weighted by molar-refractivity contribution is -0.143. The molecule has 1 unspecified atom stereocenters. The third-order valence-electron chi connectivity index (χ3n) is 8.40. The van der Waals surface area contributed by atoms with E-state index in [0.717, 1.165) is 17.5 Å². The molecular weight excluding hydrogens is 646 g/mol. The first-order valence-electron chi connectivity index (χ1n) is 15.2. The number of rotatable bonds is 13. The lowest BCUT2D eigenvalue weighted by atomic mass is 9.79. The van der Waals surface area contributed by atoms with Crippen molar-refractivity contribution < 1.29 is 23.8 Å². The van der Waals surface area contributed by atoms with E-state index in [0.29, 0.717) is 36.7 Å². The number of carbonyl (C=O) groups is 2. The summed E-state index contributed by atoms with van der Waals surface area (Å²) >= 11 is 14.7. The third kappa shape index (κ3) is 7.13. The van der Waals surface area contributed by atoms with Gasteiger partial charge in [-0.05, 0) is 49.6 Å². The molecule has 1 aliphatic carbocycles. The van der Waals surface area contributed by atoms with E-state index in [1.807, 2.05) is 36.4 Å². The quantitative estimate of drug-likeness (QED) is 0.156. The van der Waals surface area contributed by atoms with Crippen LogP contribution in [-0.4, -0.2) is 56.5 Å². The molecule has 3 heterocycles. The van der Waals surface area contributed by atoms with Crippen molar-refractivity contribution in [1.82, 2.24) is 25.9 Å². The number of aliphatic carboxylic acids is 1. The van der Waals surface area contributed by atoms with Crippen molar-refractivity contribution in [2.24, 2.45) is 0 Å². The standard InChI is InChI=1S/C34H37Cl2FN6O4/c1-32(2,31(45)46)40-19-22-15-17-39-29(28(22)37)43-33(16-7-10-25(34(33,35)36)21-8-5-4-6-9-21)26-13-11-23(30(42-26)47-3)18-38-20-24-12-14-27(44)41-24/h4-11,13,15-17,24,38,40H,12,14,18-20H2,1-3H3,(H,39,43)(H,41,44)(H,45,46)/t24?,33-/m0/s1. The fraction of sp³-hybridized carbons (Fsp3) is 0.353. The lowest BCUT2D eigenvalue weighted by Crippen LogP contribution is -2.51. The number of hydrogen-bond acceptors (Lipinski definition) is 8. The minimum atomic E-state index is -1.75. The average Bonchev–Trinajstić information content (AvgIpc) is 3.47. The summed E-state index contributed by atoms with van der Waals surface area (Å²) in [7, 11) is 1.50. The van der Waals surface area contributed by atoms with Crippen LogP contribution in [0.1, 0.15) is 49.1 Å². The number of halogens is 3. The summed E-state index contributed by atoms with van der Waals surface area (Å²) in [5.41, 5.74) is -0.293. The monoisotopic (exact) mass is 682 g/mol. The van der Waals surface area contributed by atoms with Gasteiger partial charge < -0.3 is 25.8 Å². The highest BCUT2D eigenvalue weighted by Crippen LogP contribution is 2.54. The fourth-order valence-corrected chi connectivity index (χ4v) is 6.29. The minimum Gasteiger partial charge on any atom is -0.481 e. The molecule has 13 heteroatoms. The van der Waals surface area contributed by atoms with Crippen LogP contribution in [0.4, 0.5) is 10.2 Å². The van der Waals surface area contributed by atoms with E-state index in [-0.39, 0.29) is 29.9 Å². The molecule has 5 N–H and O–H groups in total. The Morgan fingerprint density at radius 1 is 1.15 bits per heavy atom. The highest BCUT2D eigenvalue weighted by atomic mass is 35.5. The number of aromatic nitrogens is 2. The Balaban J connectivity index is 1.53. The van der Waals surface area contributed by atoms with Crippen LogP contribution in [0.2, 0.25) is 0 Å². The Hall–Kier alpha value is -4.03. The summed E-state index contributed by atoms with van der Waals surface area (Å²) in [6, 6.07) is 14.5. The van der Waals surface area contributed by atoms with Gasteiger partial charge in [0.1, 0.15) is 11.1 Å². The molecule has 1 amide bonds. The Kier molecular flexibility index (Phi) is 10.2. The first-order chi connectivity index (χ1) is 22.4. The molecule has 0 saturated carbocycles. The van der Waals surface area contributed by atoms with Crippen LogP contribution >= 0.6 is 23.2 Å². The molecule has 10 nitrogen and oxygen atoms in total. The first-order valence-corrected chi connectivity index (χ1v) is 15.9. The number of nitrogens with one attached hydrogen (secondary N) is 4. The summed E-state index contributed by atoms with van der Waals surface area (Å²) in [5.74, 6) is -1.59. The molecule has 5 rings (SSSR count). The largest absolute Gasteiger partial charge is 0.481 e. The number of hydrogen-bond donors (Lipinski definition) is 5. The minimum absolute atomic E-state index is 0.0464. The highest BCUT2D eigenvalue weighted by Gasteiger charge is 2.55. The van der Waals surface area contributed by atoms with E-state index in [4.69, 9.17) is 32.9 Å². The van der Waals surface area contributed by atoms with E-state index in [2.05, 4.69) is 26.3 Å². The van der Waals surface area contributed by atoms with Gasteiger partial charge in [-0.2, -0.15) is 0 Å². The van der Waals surface area contributed by atoms with Crippen molar-refractivity contribution >= 4 is 46.5 Å². The second kappa shape index (κ2) is 14.0. The number of allylic oxidation sites excluding steroid dienone is 2. The fourth-order valence-electron chi connectivity index (χ4n) is 5.53. The van der Waals surface area contributed by atoms with E-state index >= 15 is 4.39 Å². The molecule has 1 aliphatic heterocycles. The van der Waals surface area contributed by atoms with Gasteiger partial charge in [0.2, 0.25) is 11.8 Å². The Morgan fingerprint density at radius 2 is 1.91 bits per heavy atom. The van der Waals surface area contributed by atoms with Crippen molar-refractivity contribution in [1.29, 1.82) is 0 Å². The van der Waals surface area contributed by atoms with Crippen LogP contribution in [-0.2, 0) is 28.2 Å². The third-order valence-corrected chi connectivity index (χ3v) is 9.40. The number of pyridine rings is 2. The van der Waals surface area contributed by atoms with E-state index < -0.39 is 27.2 Å². The van der Waals surface area contributed by atoms with Gasteiger partial charge in [0.25, 0.3) is 0 Å². The lowest BCUT2D eigenvalue weighted by Gasteiger charge is -2.44. The van der Waals surface area contributed by atoms with Crippen molar-refractivity contribution in [3.05, 3.63) is 101 Å². The predicted octanol–water partition coefficient (Wildman–Crippen LogP) is 5.08. The number of carboxylic acids is 1. The van der Waals surface area contributed by atoms with Gasteiger partial charge in [0, 0.05) is 49.4 Å². The maximum atomic E-state index is 16.1. The summed E-state index contributed by atoms with van der Waals surface area (Å²) in [5, 5.41) is 21.8. The summed E-state index contributed by atoms with van der Waals surface area (Å²) < 4.78 is 20.1. The molecule has 0 spiro atoms. The topological polar surface area (TPSA) is 138 Å².